The molecule has 1 saturated heterocycles. The Morgan fingerprint density at radius 1 is 0.787 bits per heavy atom. The number of carboxylic acid groups (broad SMARTS) is 1. The number of ether oxygens (including phenoxy) is 4. The number of hydrogen-bond acceptors (Lipinski definition) is 14. The fourth-order valence-corrected chi connectivity index (χ4v) is 13.4. The van der Waals surface area contributed by atoms with Crippen molar-refractivity contribution in [3.05, 3.63) is 90.1 Å². The number of benzene rings is 2. The highest BCUT2D eigenvalue weighted by atomic mass is 33.1. The summed E-state index contributed by atoms with van der Waals surface area (Å²) in [4.78, 5) is 105. The van der Waals surface area contributed by atoms with Crippen LogP contribution in [0.4, 0.5) is 15.3 Å². The van der Waals surface area contributed by atoms with E-state index in [2.05, 4.69) is 20.9 Å². The van der Waals surface area contributed by atoms with Crippen LogP contribution in [0.3, 0.4) is 0 Å². The maximum absolute atomic E-state index is 14.7. The maximum Gasteiger partial charge on any atom is 0.411 e. The zero-order valence-electron chi connectivity index (χ0n) is 48.3. The van der Waals surface area contributed by atoms with E-state index >= 15 is 0 Å². The number of nitrogens with one attached hydrogen (secondary N) is 3. The highest BCUT2D eigenvalue weighted by Crippen LogP contribution is 2.41. The van der Waals surface area contributed by atoms with E-state index in [0.717, 1.165) is 36.3 Å². The minimum atomic E-state index is -1.17. The summed E-state index contributed by atoms with van der Waals surface area (Å²) in [6.07, 6.45) is 4.32. The normalized spacial score (nSPS) is 19.3. The summed E-state index contributed by atoms with van der Waals surface area (Å²) in [6.45, 7) is 13.2. The van der Waals surface area contributed by atoms with E-state index in [4.69, 9.17) is 18.9 Å². The molecule has 1 saturated carbocycles. The number of likely N-dealkylation sites (tertiary alicyclic amines) is 1. The lowest BCUT2D eigenvalue weighted by atomic mass is 9.89. The van der Waals surface area contributed by atoms with Gasteiger partial charge < -0.3 is 44.5 Å². The number of likely N-dealkylation sites (N-methyl/N-ethyl adjacent to an activating group) is 2. The van der Waals surface area contributed by atoms with Gasteiger partial charge in [-0.1, -0.05) is 121 Å². The molecule has 2 aromatic carbocycles. The summed E-state index contributed by atoms with van der Waals surface area (Å²) in [6, 6.07) is 17.3. The van der Waals surface area contributed by atoms with Crippen LogP contribution in [0.15, 0.2) is 84.0 Å². The number of nitrogens with zero attached hydrogens (tertiary/aromatic N) is 4. The molecule has 6 amide bonds. The second-order valence-electron chi connectivity index (χ2n) is 21.7. The molecule has 1 aliphatic carbocycles. The topological polar surface area (TPSA) is 235 Å². The third kappa shape index (κ3) is 18.3. The lowest BCUT2D eigenvalue weighted by molar-refractivity contribution is -0.148. The van der Waals surface area contributed by atoms with E-state index in [1.807, 2.05) is 52.0 Å². The molecule has 1 aromatic heterocycles. The summed E-state index contributed by atoms with van der Waals surface area (Å²) in [5, 5.41) is 19.5. The summed E-state index contributed by atoms with van der Waals surface area (Å²) in [5.41, 5.74) is 1.92. The number of hydrogen-bond donors (Lipinski definition) is 4. The Morgan fingerprint density at radius 3 is 2.09 bits per heavy atom. The summed E-state index contributed by atoms with van der Waals surface area (Å²) < 4.78 is 23.6. The number of carbonyl (C=O) groups is 7. The first kappa shape index (κ1) is 64.9. The Balaban J connectivity index is 1.17. The molecule has 2 aliphatic rings. The number of aliphatic carboxylic acids is 1. The molecule has 0 radical (unpaired) electrons. The summed E-state index contributed by atoms with van der Waals surface area (Å²) >= 11 is 0. The van der Waals surface area contributed by atoms with Gasteiger partial charge in [-0.15, -0.1) is 0 Å². The van der Waals surface area contributed by atoms with Gasteiger partial charge in [-0.05, 0) is 96.0 Å². The van der Waals surface area contributed by atoms with Gasteiger partial charge in [-0.3, -0.25) is 29.4 Å². The molecule has 2 fully saturated rings. The minimum Gasteiger partial charge on any atom is -0.480 e. The first-order valence-corrected chi connectivity index (χ1v) is 30.1. The molecule has 8 unspecified atom stereocenters. The highest BCUT2D eigenvalue weighted by molar-refractivity contribution is 8.76. The van der Waals surface area contributed by atoms with Crippen molar-refractivity contribution in [2.24, 2.45) is 23.7 Å². The first-order valence-electron chi connectivity index (χ1n) is 27.9. The molecule has 4 N–H and O–H groups in total. The van der Waals surface area contributed by atoms with Crippen molar-refractivity contribution in [1.82, 2.24) is 30.3 Å². The van der Waals surface area contributed by atoms with Crippen molar-refractivity contribution in [1.29, 1.82) is 0 Å². The zero-order valence-corrected chi connectivity index (χ0v) is 50.0. The number of rotatable bonds is 28. The van der Waals surface area contributed by atoms with Crippen molar-refractivity contribution in [2.75, 3.05) is 40.2 Å². The van der Waals surface area contributed by atoms with E-state index < -0.39 is 84.2 Å². The first-order chi connectivity index (χ1) is 38.2. The number of methoxy groups -OCH3 is 2. The van der Waals surface area contributed by atoms with Gasteiger partial charge in [0.25, 0.3) is 0 Å². The molecular formula is C59H85N7O12S2. The molecule has 5 rings (SSSR count). The molecule has 1 aliphatic heterocycles. The number of carbonyl (C=O) groups excluding carboxylic acids is 6. The fraction of sp³-hybridized carbons (Fsp3) is 0.593. The Bertz CT molecular complexity index is 2480. The largest absolute Gasteiger partial charge is 0.480 e. The van der Waals surface area contributed by atoms with Gasteiger partial charge in [0.05, 0.1) is 41.9 Å². The van der Waals surface area contributed by atoms with E-state index in [9.17, 15) is 38.7 Å². The molecule has 19 nitrogen and oxygen atoms in total. The number of aromatic nitrogens is 1. The molecule has 0 spiro atoms. The van der Waals surface area contributed by atoms with Crippen LogP contribution < -0.4 is 16.0 Å². The standard InChI is InChI=1S/C59H85N7O12S2/c1-12-38(6)52(46(75-10)34-49(67)66-32-20-23-44(66)53(76-11)39(7)54(68)62-43(57(71)72)33-40-21-14-13-15-22-40)64(8)56(70)50(36(2)3)63-55(69)51(37(4)5)65(9)59(74)77-35-41-27-29-42(30-28-41)61-58(73)78-45-24-16-17-25-47(45)79-80-48-26-18-19-31-60-48/h13-15,18-19,21-22,26-31,36-39,43-47,50-53H,12,16-17,20,23-25,32-35H2,1-11H3,(H,61,73)(H,62,68)(H,63,69)(H,71,72)/t38?,39?,43?,44-,45-,46?,47-,50?,51?,52?,53?/m0/s1. The lowest BCUT2D eigenvalue weighted by Gasteiger charge is -2.41. The second-order valence-corrected chi connectivity index (χ2v) is 24.2. The van der Waals surface area contributed by atoms with E-state index in [-0.39, 0.29) is 54.5 Å². The third-order valence-corrected chi connectivity index (χ3v) is 18.2. The van der Waals surface area contributed by atoms with Crippen LogP contribution in [0.25, 0.3) is 0 Å². The smallest absolute Gasteiger partial charge is 0.411 e. The van der Waals surface area contributed by atoms with E-state index in [0.29, 0.717) is 37.1 Å². The van der Waals surface area contributed by atoms with Crippen LogP contribution in [0, 0.1) is 23.7 Å². The number of amides is 6. The van der Waals surface area contributed by atoms with Gasteiger partial charge in [0.15, 0.2) is 0 Å². The predicted molar refractivity (Wildman–Crippen MR) is 309 cm³/mol. The Morgan fingerprint density at radius 2 is 1.48 bits per heavy atom. The molecule has 11 atom stereocenters. The predicted octanol–water partition coefficient (Wildman–Crippen LogP) is 8.85. The van der Waals surface area contributed by atoms with Crippen LogP contribution in [-0.4, -0.2) is 155 Å². The number of anilines is 1. The molecule has 80 heavy (non-hydrogen) atoms. The Hall–Kier alpha value is -5.90. The van der Waals surface area contributed by atoms with Crippen LogP contribution in [0.1, 0.15) is 111 Å². The monoisotopic (exact) mass is 1150 g/mol. The van der Waals surface area contributed by atoms with Gasteiger partial charge in [0.1, 0.15) is 35.9 Å². The van der Waals surface area contributed by atoms with Gasteiger partial charge in [-0.2, -0.15) is 0 Å². The van der Waals surface area contributed by atoms with Gasteiger partial charge in [0.2, 0.25) is 23.6 Å². The fourth-order valence-electron chi connectivity index (χ4n) is 10.7. The second kappa shape index (κ2) is 31.9. The summed E-state index contributed by atoms with van der Waals surface area (Å²) in [7, 11) is 9.36. The Kier molecular flexibility index (Phi) is 25.9. The van der Waals surface area contributed by atoms with Crippen LogP contribution in [0.2, 0.25) is 0 Å². The molecular weight excluding hydrogens is 1060 g/mol. The van der Waals surface area contributed by atoms with Crippen molar-refractivity contribution < 1.29 is 57.6 Å². The quantitative estimate of drug-likeness (QED) is 0.0497. The van der Waals surface area contributed by atoms with Gasteiger partial charge in [0, 0.05) is 53.2 Å². The third-order valence-electron chi connectivity index (χ3n) is 15.3. The van der Waals surface area contributed by atoms with Crippen molar-refractivity contribution in [2.45, 2.75) is 172 Å². The van der Waals surface area contributed by atoms with Crippen LogP contribution in [0.5, 0.6) is 0 Å². The number of pyridine rings is 1. The van der Waals surface area contributed by atoms with Crippen LogP contribution >= 0.6 is 21.6 Å². The molecule has 0 bridgehead atoms. The molecule has 2 heterocycles. The van der Waals surface area contributed by atoms with E-state index in [1.54, 1.807) is 114 Å². The zero-order chi connectivity index (χ0) is 58.6. The average Bonchev–Trinajstić information content (AvgIpc) is 3.93. The minimum absolute atomic E-state index is 0.0971. The van der Waals surface area contributed by atoms with E-state index in [1.165, 1.54) is 26.2 Å². The molecule has 21 heteroatoms. The van der Waals surface area contributed by atoms with Crippen LogP contribution in [-0.2, 0) is 55.9 Å². The average molecular weight is 1150 g/mol. The van der Waals surface area contributed by atoms with Crippen molar-refractivity contribution in [3.63, 3.8) is 0 Å². The van der Waals surface area contributed by atoms with Crippen molar-refractivity contribution >= 4 is 69.1 Å². The lowest BCUT2D eigenvalue weighted by Crippen LogP contribution is -2.60. The van der Waals surface area contributed by atoms with Gasteiger partial charge >= 0.3 is 18.2 Å². The SMILES string of the molecule is CCC(C)C(C(CC(=O)N1CCC[C@H]1C(OC)C(C)C(=O)NC(Cc1ccccc1)C(=O)O)OC)N(C)C(=O)C(NC(=O)C(C(C)C)N(C)C(=O)OCc1ccc(NC(=O)O[C@H]2CCCC[C@@H]2SSc2ccccn2)cc1)C(C)C. The molecule has 440 valence electrons. The Labute approximate surface area is 480 Å². The number of carboxylic acids is 1. The summed E-state index contributed by atoms with van der Waals surface area (Å²) in [5.74, 6) is -4.60. The highest BCUT2D eigenvalue weighted by Gasteiger charge is 2.44. The van der Waals surface area contributed by atoms with Gasteiger partial charge in [-0.25, -0.2) is 19.4 Å². The van der Waals surface area contributed by atoms with Crippen molar-refractivity contribution in [3.8, 4) is 0 Å². The maximum atomic E-state index is 14.7. The molecule has 3 aromatic rings.